The van der Waals surface area contributed by atoms with Gasteiger partial charge in [0.2, 0.25) is 11.8 Å². The van der Waals surface area contributed by atoms with Gasteiger partial charge in [0.05, 0.1) is 19.0 Å². The van der Waals surface area contributed by atoms with Gasteiger partial charge in [0.25, 0.3) is 0 Å². The highest BCUT2D eigenvalue weighted by atomic mass is 16.5. The van der Waals surface area contributed by atoms with Crippen LogP contribution in [0.25, 0.3) is 16.9 Å². The molecule has 0 radical (unpaired) electrons. The fraction of sp³-hybridized carbons (Fsp3) is 0.350. The first kappa shape index (κ1) is 17.9. The number of benzene rings is 1. The summed E-state index contributed by atoms with van der Waals surface area (Å²) in [5, 5.41) is 7.38. The Kier molecular flexibility index (Phi) is 4.44. The third-order valence-electron chi connectivity index (χ3n) is 4.28. The number of aryl methyl sites for hydroxylation is 2. The number of nitrogens with one attached hydrogen (secondary N) is 1. The molecule has 0 spiro atoms. The molecule has 0 fully saturated rings. The van der Waals surface area contributed by atoms with Gasteiger partial charge in [-0.3, -0.25) is 4.79 Å². The number of anilines is 1. The molecule has 0 aliphatic heterocycles. The van der Waals surface area contributed by atoms with Gasteiger partial charge in [-0.25, -0.2) is 9.50 Å². The molecule has 0 saturated heterocycles. The zero-order chi connectivity index (χ0) is 19.1. The average molecular weight is 352 g/mol. The summed E-state index contributed by atoms with van der Waals surface area (Å²) in [7, 11) is 1.58. The molecule has 3 aromatic rings. The number of fused-ring (bicyclic) bond motifs is 1. The third kappa shape index (κ3) is 3.40. The van der Waals surface area contributed by atoms with Crippen LogP contribution in [0.3, 0.4) is 0 Å². The molecule has 0 bridgehead atoms. The van der Waals surface area contributed by atoms with Crippen LogP contribution < -0.4 is 10.1 Å². The lowest BCUT2D eigenvalue weighted by atomic mass is 9.95. The Hall–Kier alpha value is -2.89. The number of ether oxygens (including phenoxy) is 1. The number of hydrogen-bond acceptors (Lipinski definition) is 4. The van der Waals surface area contributed by atoms with Crippen molar-refractivity contribution < 1.29 is 9.53 Å². The second-order valence-electron chi connectivity index (χ2n) is 7.49. The topological polar surface area (TPSA) is 68.5 Å². The van der Waals surface area contributed by atoms with Crippen molar-refractivity contribution >= 4 is 17.2 Å². The zero-order valence-electron chi connectivity index (χ0n) is 16.0. The van der Waals surface area contributed by atoms with Crippen LogP contribution in [0.2, 0.25) is 0 Å². The molecule has 26 heavy (non-hydrogen) atoms. The highest BCUT2D eigenvalue weighted by molar-refractivity contribution is 5.96. The van der Waals surface area contributed by atoms with Crippen LogP contribution in [0.15, 0.2) is 30.5 Å². The molecule has 2 aromatic heterocycles. The Morgan fingerprint density at radius 2 is 1.88 bits per heavy atom. The highest BCUT2D eigenvalue weighted by Gasteiger charge is 2.22. The molecule has 0 aliphatic carbocycles. The molecule has 0 unspecified atom stereocenters. The maximum Gasteiger partial charge on any atom is 0.231 e. The standard InChI is InChI=1S/C20H24N4O2/c1-12-9-13(2)15(22-19(25)20(3,4)5)10-14(12)16-11-24-17(21-16)7-8-18(23-24)26-6/h7-11H,1-6H3,(H,22,25). The Morgan fingerprint density at radius 1 is 1.15 bits per heavy atom. The summed E-state index contributed by atoms with van der Waals surface area (Å²) >= 11 is 0. The molecule has 6 heteroatoms. The lowest BCUT2D eigenvalue weighted by Gasteiger charge is -2.19. The Labute approximate surface area is 153 Å². The van der Waals surface area contributed by atoms with E-state index in [2.05, 4.69) is 21.5 Å². The van der Waals surface area contributed by atoms with Crippen LogP contribution in [0, 0.1) is 19.3 Å². The minimum atomic E-state index is -0.457. The van der Waals surface area contributed by atoms with E-state index in [9.17, 15) is 4.79 Å². The van der Waals surface area contributed by atoms with Crippen molar-refractivity contribution in [1.29, 1.82) is 0 Å². The molecule has 3 rings (SSSR count). The number of methoxy groups -OCH3 is 1. The number of imidazole rings is 1. The fourth-order valence-electron chi connectivity index (χ4n) is 2.68. The van der Waals surface area contributed by atoms with Crippen molar-refractivity contribution in [3.63, 3.8) is 0 Å². The van der Waals surface area contributed by atoms with Crippen LogP contribution in [-0.2, 0) is 4.79 Å². The van der Waals surface area contributed by atoms with Gasteiger partial charge in [0.15, 0.2) is 5.65 Å². The molecular formula is C20H24N4O2. The largest absolute Gasteiger partial charge is 0.480 e. The third-order valence-corrected chi connectivity index (χ3v) is 4.28. The number of hydrogen-bond donors (Lipinski definition) is 1. The summed E-state index contributed by atoms with van der Waals surface area (Å²) in [6.45, 7) is 9.72. The predicted octanol–water partition coefficient (Wildman–Crippen LogP) is 4.01. The summed E-state index contributed by atoms with van der Waals surface area (Å²) in [6, 6.07) is 7.68. The Morgan fingerprint density at radius 3 is 2.54 bits per heavy atom. The summed E-state index contributed by atoms with van der Waals surface area (Å²) in [5.41, 5.74) is 4.95. The van der Waals surface area contributed by atoms with E-state index in [0.29, 0.717) is 5.88 Å². The molecular weight excluding hydrogens is 328 g/mol. The van der Waals surface area contributed by atoms with E-state index in [1.54, 1.807) is 17.7 Å². The lowest BCUT2D eigenvalue weighted by Crippen LogP contribution is -2.28. The van der Waals surface area contributed by atoms with E-state index in [0.717, 1.165) is 33.7 Å². The van der Waals surface area contributed by atoms with Crippen molar-refractivity contribution in [3.8, 4) is 17.1 Å². The Bertz CT molecular complexity index is 983. The van der Waals surface area contributed by atoms with Gasteiger partial charge in [-0.1, -0.05) is 26.8 Å². The second kappa shape index (κ2) is 6.44. The van der Waals surface area contributed by atoms with Crippen molar-refractivity contribution in [2.45, 2.75) is 34.6 Å². The predicted molar refractivity (Wildman–Crippen MR) is 103 cm³/mol. The smallest absolute Gasteiger partial charge is 0.231 e. The number of amides is 1. The summed E-state index contributed by atoms with van der Waals surface area (Å²) in [6.07, 6.45) is 1.87. The zero-order valence-corrected chi connectivity index (χ0v) is 16.0. The fourth-order valence-corrected chi connectivity index (χ4v) is 2.68. The van der Waals surface area contributed by atoms with Crippen LogP contribution >= 0.6 is 0 Å². The highest BCUT2D eigenvalue weighted by Crippen LogP contribution is 2.30. The van der Waals surface area contributed by atoms with E-state index in [1.807, 2.05) is 52.9 Å². The van der Waals surface area contributed by atoms with Gasteiger partial charge < -0.3 is 10.1 Å². The van der Waals surface area contributed by atoms with Gasteiger partial charge in [0.1, 0.15) is 0 Å². The molecule has 2 heterocycles. The maximum absolute atomic E-state index is 12.4. The van der Waals surface area contributed by atoms with Crippen molar-refractivity contribution in [3.05, 3.63) is 41.6 Å². The first-order chi connectivity index (χ1) is 12.2. The van der Waals surface area contributed by atoms with Crippen LogP contribution in [0.4, 0.5) is 5.69 Å². The average Bonchev–Trinajstić information content (AvgIpc) is 2.98. The van der Waals surface area contributed by atoms with E-state index >= 15 is 0 Å². The number of nitrogens with zero attached hydrogens (tertiary/aromatic N) is 3. The first-order valence-electron chi connectivity index (χ1n) is 8.52. The van der Waals surface area contributed by atoms with E-state index in [-0.39, 0.29) is 5.91 Å². The van der Waals surface area contributed by atoms with Crippen LogP contribution in [-0.4, -0.2) is 27.6 Å². The van der Waals surface area contributed by atoms with Gasteiger partial charge >= 0.3 is 0 Å². The molecule has 6 nitrogen and oxygen atoms in total. The van der Waals surface area contributed by atoms with Crippen LogP contribution in [0.5, 0.6) is 5.88 Å². The minimum Gasteiger partial charge on any atom is -0.480 e. The number of carbonyl (C=O) groups excluding carboxylic acids is 1. The molecule has 1 N–H and O–H groups in total. The van der Waals surface area contributed by atoms with Crippen LogP contribution in [0.1, 0.15) is 31.9 Å². The molecule has 0 atom stereocenters. The second-order valence-corrected chi connectivity index (χ2v) is 7.49. The maximum atomic E-state index is 12.4. The number of rotatable bonds is 3. The minimum absolute atomic E-state index is 0.0168. The van der Waals surface area contributed by atoms with Gasteiger partial charge in [-0.15, -0.1) is 5.10 Å². The SMILES string of the molecule is COc1ccc2nc(-c3cc(NC(=O)C(C)(C)C)c(C)cc3C)cn2n1. The Balaban J connectivity index is 2.05. The monoisotopic (exact) mass is 352 g/mol. The molecule has 1 amide bonds. The summed E-state index contributed by atoms with van der Waals surface area (Å²) < 4.78 is 6.86. The first-order valence-corrected chi connectivity index (χ1v) is 8.52. The lowest BCUT2D eigenvalue weighted by molar-refractivity contribution is -0.123. The quantitative estimate of drug-likeness (QED) is 0.773. The van der Waals surface area contributed by atoms with Gasteiger partial charge in [0, 0.05) is 22.7 Å². The van der Waals surface area contributed by atoms with E-state index in [4.69, 9.17) is 4.74 Å². The molecule has 0 saturated carbocycles. The molecule has 0 aliphatic rings. The van der Waals surface area contributed by atoms with E-state index in [1.165, 1.54) is 0 Å². The summed E-state index contributed by atoms with van der Waals surface area (Å²) in [5.74, 6) is 0.511. The van der Waals surface area contributed by atoms with Gasteiger partial charge in [-0.2, -0.15) is 0 Å². The number of aromatic nitrogens is 3. The summed E-state index contributed by atoms with van der Waals surface area (Å²) in [4.78, 5) is 17.0. The number of carbonyl (C=O) groups is 1. The molecule has 1 aromatic carbocycles. The normalized spacial score (nSPS) is 11.6. The van der Waals surface area contributed by atoms with Crippen molar-refractivity contribution in [2.75, 3.05) is 12.4 Å². The molecule has 136 valence electrons. The van der Waals surface area contributed by atoms with E-state index < -0.39 is 5.41 Å². The van der Waals surface area contributed by atoms with Gasteiger partial charge in [-0.05, 0) is 37.1 Å². The van der Waals surface area contributed by atoms with Crippen molar-refractivity contribution in [2.24, 2.45) is 5.41 Å². The van der Waals surface area contributed by atoms with Crippen molar-refractivity contribution in [1.82, 2.24) is 14.6 Å².